The molecule has 12 heavy (non-hydrogen) atoms. The summed E-state index contributed by atoms with van der Waals surface area (Å²) in [6.07, 6.45) is 0. The molecule has 0 radical (unpaired) electrons. The number of benzene rings is 1. The van der Waals surface area contributed by atoms with E-state index >= 15 is 0 Å². The maximum Gasteiger partial charge on any atom is 0.251 e. The van der Waals surface area contributed by atoms with Crippen molar-refractivity contribution in [1.82, 2.24) is 0 Å². The zero-order valence-corrected chi connectivity index (χ0v) is 7.93. The molecule has 1 aromatic carbocycles. The Hall–Kier alpha value is -0.720. The highest BCUT2D eigenvalue weighted by atomic mass is 127. The average Bonchev–Trinajstić information content (AvgIpc) is 1.96. The van der Waals surface area contributed by atoms with E-state index in [2.05, 4.69) is 0 Å². The van der Waals surface area contributed by atoms with Crippen molar-refractivity contribution in [1.29, 1.82) is 0 Å². The van der Waals surface area contributed by atoms with E-state index in [1.807, 2.05) is 0 Å². The molecule has 5 heteroatoms. The zero-order chi connectivity index (χ0) is 9.30. The highest BCUT2D eigenvalue weighted by molar-refractivity contribution is 14.1. The molecule has 64 valence electrons. The van der Waals surface area contributed by atoms with Crippen LogP contribution in [0.3, 0.4) is 0 Å². The van der Waals surface area contributed by atoms with Crippen molar-refractivity contribution in [2.75, 3.05) is 0 Å². The van der Waals surface area contributed by atoms with Gasteiger partial charge in [0, 0.05) is 9.64 Å². The quantitative estimate of drug-likeness (QED) is 0.618. The number of amides is 1. The molecule has 0 heterocycles. The van der Waals surface area contributed by atoms with Gasteiger partial charge in [-0.2, -0.15) is 0 Å². The fourth-order valence-electron chi connectivity index (χ4n) is 0.711. The van der Waals surface area contributed by atoms with Crippen molar-refractivity contribution in [2.45, 2.75) is 0 Å². The molecule has 0 bridgehead atoms. The number of carbonyl (C=O) groups excluding carboxylic acids is 1. The van der Waals surface area contributed by atoms with E-state index in [0.717, 1.165) is 6.07 Å². The molecule has 2 nitrogen and oxygen atoms in total. The number of carbonyl (C=O) groups is 1. The van der Waals surface area contributed by atoms with Crippen LogP contribution in [0, 0.1) is 15.2 Å². The van der Waals surface area contributed by atoms with Gasteiger partial charge < -0.3 is 5.73 Å². The number of hydrogen-bond acceptors (Lipinski definition) is 1. The van der Waals surface area contributed by atoms with E-state index < -0.39 is 17.5 Å². The molecule has 1 aromatic rings. The number of nitrogens with two attached hydrogens (primary N) is 1. The lowest BCUT2D eigenvalue weighted by atomic mass is 10.2. The predicted molar refractivity (Wildman–Crippen MR) is 47.6 cm³/mol. The SMILES string of the molecule is NC(=O)c1cc(I)c(F)cc1F. The summed E-state index contributed by atoms with van der Waals surface area (Å²) in [6.45, 7) is 0. The van der Waals surface area contributed by atoms with Gasteiger partial charge in [-0.25, -0.2) is 8.78 Å². The van der Waals surface area contributed by atoms with Crippen molar-refractivity contribution in [3.63, 3.8) is 0 Å². The van der Waals surface area contributed by atoms with Gasteiger partial charge in [0.1, 0.15) is 11.6 Å². The van der Waals surface area contributed by atoms with Crippen molar-refractivity contribution >= 4 is 28.5 Å². The lowest BCUT2D eigenvalue weighted by Gasteiger charge is -1.99. The Balaban J connectivity index is 3.33. The standard InChI is InChI=1S/C7H4F2INO/c8-4-2-5(9)6(10)1-3(4)7(11)12/h1-2H,(H2,11,12). The van der Waals surface area contributed by atoms with Crippen LogP contribution >= 0.6 is 22.6 Å². The van der Waals surface area contributed by atoms with Crippen LogP contribution in [-0.2, 0) is 0 Å². The minimum atomic E-state index is -0.930. The first-order valence-electron chi connectivity index (χ1n) is 2.96. The van der Waals surface area contributed by atoms with Gasteiger partial charge in [0.15, 0.2) is 0 Å². The average molecular weight is 283 g/mol. The Labute approximate surface area is 80.9 Å². The second-order valence-corrected chi connectivity index (χ2v) is 3.27. The molecule has 0 aliphatic carbocycles. The smallest absolute Gasteiger partial charge is 0.251 e. The molecule has 1 amide bonds. The second kappa shape index (κ2) is 3.34. The molecule has 0 saturated heterocycles. The van der Waals surface area contributed by atoms with E-state index in [0.29, 0.717) is 6.07 Å². The summed E-state index contributed by atoms with van der Waals surface area (Å²) in [4.78, 5) is 10.5. The van der Waals surface area contributed by atoms with Gasteiger partial charge in [-0.1, -0.05) is 0 Å². The molecule has 0 aromatic heterocycles. The number of rotatable bonds is 1. The van der Waals surface area contributed by atoms with Crippen molar-refractivity contribution in [2.24, 2.45) is 5.73 Å². The van der Waals surface area contributed by atoms with Crippen LogP contribution in [0.5, 0.6) is 0 Å². The first-order valence-corrected chi connectivity index (χ1v) is 4.04. The third kappa shape index (κ3) is 1.71. The molecule has 0 atom stereocenters. The Morgan fingerprint density at radius 2 is 1.92 bits per heavy atom. The van der Waals surface area contributed by atoms with E-state index in [4.69, 9.17) is 5.73 Å². The fourth-order valence-corrected chi connectivity index (χ4v) is 1.18. The van der Waals surface area contributed by atoms with Crippen LogP contribution in [0.4, 0.5) is 8.78 Å². The second-order valence-electron chi connectivity index (χ2n) is 2.11. The van der Waals surface area contributed by atoms with Crippen molar-refractivity contribution in [3.8, 4) is 0 Å². The summed E-state index contributed by atoms with van der Waals surface area (Å²) in [5, 5.41) is 0. The summed E-state index contributed by atoms with van der Waals surface area (Å²) >= 11 is 1.65. The molecular formula is C7H4F2INO. The molecular weight excluding hydrogens is 279 g/mol. The molecule has 0 saturated carbocycles. The number of halogens is 3. The van der Waals surface area contributed by atoms with Crippen molar-refractivity contribution < 1.29 is 13.6 Å². The minimum Gasteiger partial charge on any atom is -0.366 e. The van der Waals surface area contributed by atoms with Gasteiger partial charge >= 0.3 is 0 Å². The highest BCUT2D eigenvalue weighted by Gasteiger charge is 2.11. The van der Waals surface area contributed by atoms with Gasteiger partial charge in [0.05, 0.1) is 5.56 Å². The molecule has 0 unspecified atom stereocenters. The number of hydrogen-bond donors (Lipinski definition) is 1. The van der Waals surface area contributed by atoms with Crippen molar-refractivity contribution in [3.05, 3.63) is 32.9 Å². The Morgan fingerprint density at radius 1 is 1.33 bits per heavy atom. The van der Waals surface area contributed by atoms with Crippen LogP contribution in [-0.4, -0.2) is 5.91 Å². The van der Waals surface area contributed by atoms with Gasteiger partial charge in [0.2, 0.25) is 0 Å². The molecule has 0 aliphatic heterocycles. The summed E-state index contributed by atoms with van der Waals surface area (Å²) in [7, 11) is 0. The van der Waals surface area contributed by atoms with Crippen LogP contribution in [0.25, 0.3) is 0 Å². The van der Waals surface area contributed by atoms with Crippen LogP contribution in [0.15, 0.2) is 12.1 Å². The molecule has 0 fully saturated rings. The van der Waals surface area contributed by atoms with Crippen LogP contribution in [0.2, 0.25) is 0 Å². The lowest BCUT2D eigenvalue weighted by Crippen LogP contribution is -2.13. The first kappa shape index (κ1) is 9.37. The van der Waals surface area contributed by atoms with E-state index in [9.17, 15) is 13.6 Å². The minimum absolute atomic E-state index is 0.169. The van der Waals surface area contributed by atoms with Gasteiger partial charge in [-0.15, -0.1) is 0 Å². The Bertz CT molecular complexity index is 340. The molecule has 0 spiro atoms. The monoisotopic (exact) mass is 283 g/mol. The van der Waals surface area contributed by atoms with E-state index in [1.54, 1.807) is 22.6 Å². The first-order chi connectivity index (χ1) is 5.52. The van der Waals surface area contributed by atoms with Gasteiger partial charge in [-0.3, -0.25) is 4.79 Å². The summed E-state index contributed by atoms with van der Waals surface area (Å²) in [6, 6.07) is 1.72. The lowest BCUT2D eigenvalue weighted by molar-refractivity contribution is 0.0996. The molecule has 1 rings (SSSR count). The molecule has 0 aliphatic rings. The zero-order valence-electron chi connectivity index (χ0n) is 5.77. The Morgan fingerprint density at radius 3 is 2.42 bits per heavy atom. The topological polar surface area (TPSA) is 43.1 Å². The van der Waals surface area contributed by atoms with Gasteiger partial charge in [-0.05, 0) is 28.7 Å². The third-order valence-electron chi connectivity index (χ3n) is 1.28. The van der Waals surface area contributed by atoms with Crippen LogP contribution in [0.1, 0.15) is 10.4 Å². The van der Waals surface area contributed by atoms with Crippen LogP contribution < -0.4 is 5.73 Å². The highest BCUT2D eigenvalue weighted by Crippen LogP contribution is 2.15. The molecule has 2 N–H and O–H groups in total. The Kier molecular flexibility index (Phi) is 2.61. The van der Waals surface area contributed by atoms with E-state index in [-0.39, 0.29) is 9.13 Å². The summed E-state index contributed by atoms with van der Waals surface area (Å²) < 4.78 is 25.5. The maximum atomic E-state index is 12.7. The third-order valence-corrected chi connectivity index (χ3v) is 2.10. The predicted octanol–water partition coefficient (Wildman–Crippen LogP) is 1.67. The summed E-state index contributed by atoms with van der Waals surface area (Å²) in [5.41, 5.74) is 4.54. The van der Waals surface area contributed by atoms with Gasteiger partial charge in [0.25, 0.3) is 5.91 Å². The maximum absolute atomic E-state index is 12.7. The summed E-state index contributed by atoms with van der Waals surface area (Å²) in [5.74, 6) is -2.52. The largest absolute Gasteiger partial charge is 0.366 e. The number of primary amides is 1. The fraction of sp³-hybridized carbons (Fsp3) is 0. The van der Waals surface area contributed by atoms with E-state index in [1.165, 1.54) is 0 Å². The normalized spacial score (nSPS) is 9.92.